The molecule has 1 aromatic heterocycles. The van der Waals surface area contributed by atoms with Gasteiger partial charge in [0.05, 0.1) is 5.75 Å². The van der Waals surface area contributed by atoms with E-state index in [2.05, 4.69) is 20.2 Å². The number of nitrogens with one attached hydrogen (secondary N) is 2. The number of rotatable bonds is 8. The van der Waals surface area contributed by atoms with Crippen molar-refractivity contribution >= 4 is 15.8 Å². The maximum absolute atomic E-state index is 11.5. The summed E-state index contributed by atoms with van der Waals surface area (Å²) in [6.45, 7) is 5.02. The van der Waals surface area contributed by atoms with Gasteiger partial charge in [-0.3, -0.25) is 4.99 Å². The highest BCUT2D eigenvalue weighted by Gasteiger charge is 2.45. The third-order valence-electron chi connectivity index (χ3n) is 3.77. The Balaban J connectivity index is 1.84. The minimum Gasteiger partial charge on any atom is -0.357 e. The number of aromatic nitrogens is 1. The van der Waals surface area contributed by atoms with Crippen molar-refractivity contribution in [2.75, 3.05) is 31.6 Å². The minimum absolute atomic E-state index is 0.129. The zero-order valence-corrected chi connectivity index (χ0v) is 14.2. The Morgan fingerprint density at radius 3 is 2.50 bits per heavy atom. The molecule has 0 saturated heterocycles. The van der Waals surface area contributed by atoms with Gasteiger partial charge in [-0.05, 0) is 31.9 Å². The maximum Gasteiger partial charge on any atom is 0.191 e. The molecule has 22 heavy (non-hydrogen) atoms. The smallest absolute Gasteiger partial charge is 0.191 e. The van der Waals surface area contributed by atoms with Gasteiger partial charge in [-0.1, -0.05) is 0 Å². The lowest BCUT2D eigenvalue weighted by molar-refractivity contribution is 0.549. The van der Waals surface area contributed by atoms with Gasteiger partial charge in [-0.2, -0.15) is 0 Å². The van der Waals surface area contributed by atoms with Crippen molar-refractivity contribution in [3.63, 3.8) is 0 Å². The van der Waals surface area contributed by atoms with Gasteiger partial charge in [0.15, 0.2) is 5.96 Å². The lowest BCUT2D eigenvalue weighted by atomic mass is 10.1. The monoisotopic (exact) mass is 326 g/mol. The van der Waals surface area contributed by atoms with Gasteiger partial charge in [0.2, 0.25) is 0 Å². The molecule has 7 heteroatoms. The van der Waals surface area contributed by atoms with Crippen LogP contribution in [0.25, 0.3) is 0 Å². The van der Waals surface area contributed by atoms with Gasteiger partial charge in [0.25, 0.3) is 0 Å². The molecule has 0 aromatic carbocycles. The van der Waals surface area contributed by atoms with Gasteiger partial charge in [-0.15, -0.1) is 0 Å². The van der Waals surface area contributed by atoms with Crippen LogP contribution in [0.15, 0.2) is 29.5 Å². The third kappa shape index (κ3) is 5.71. The van der Waals surface area contributed by atoms with Crippen LogP contribution in [0.4, 0.5) is 0 Å². The van der Waals surface area contributed by atoms with Gasteiger partial charge in [-0.25, -0.2) is 8.42 Å². The molecule has 1 aliphatic rings. The lowest BCUT2D eigenvalue weighted by Gasteiger charge is -2.15. The molecule has 0 radical (unpaired) electrons. The van der Waals surface area contributed by atoms with Crippen LogP contribution in [0.5, 0.6) is 0 Å². The number of sulfone groups is 1. The van der Waals surface area contributed by atoms with E-state index in [-0.39, 0.29) is 11.2 Å². The molecule has 2 rings (SSSR count). The number of guanidine groups is 1. The van der Waals surface area contributed by atoms with Gasteiger partial charge >= 0.3 is 0 Å². The van der Waals surface area contributed by atoms with E-state index in [1.165, 1.54) is 6.26 Å². The molecule has 0 amide bonds. The molecule has 6 nitrogen and oxygen atoms in total. The first-order valence-corrected chi connectivity index (χ1v) is 9.79. The number of nitrogens with zero attached hydrogens (tertiary/aromatic N) is 2. The summed E-state index contributed by atoms with van der Waals surface area (Å²) >= 11 is 0. The van der Waals surface area contributed by atoms with Gasteiger partial charge in [0, 0.05) is 50.2 Å². The van der Waals surface area contributed by atoms with Crippen LogP contribution < -0.4 is 10.6 Å². The van der Waals surface area contributed by atoms with Crippen molar-refractivity contribution in [2.24, 2.45) is 10.4 Å². The fourth-order valence-corrected chi connectivity index (χ4v) is 3.98. The van der Waals surface area contributed by atoms with E-state index in [0.717, 1.165) is 38.4 Å². The zero-order chi connectivity index (χ0) is 16.1. The van der Waals surface area contributed by atoms with Crippen molar-refractivity contribution in [3.8, 4) is 0 Å². The highest BCUT2D eigenvalue weighted by molar-refractivity contribution is 7.90. The molecular weight excluding hydrogens is 300 g/mol. The highest BCUT2D eigenvalue weighted by Crippen LogP contribution is 2.46. The van der Waals surface area contributed by atoms with E-state index in [4.69, 9.17) is 0 Å². The third-order valence-corrected chi connectivity index (χ3v) is 4.91. The summed E-state index contributed by atoms with van der Waals surface area (Å²) in [7, 11) is -2.94. The Kier molecular flexibility index (Phi) is 5.50. The van der Waals surface area contributed by atoms with Crippen molar-refractivity contribution in [1.29, 1.82) is 0 Å². The second-order valence-corrected chi connectivity index (χ2v) is 8.25. The Bertz CT molecular complexity index is 589. The molecule has 0 aliphatic heterocycles. The minimum atomic E-state index is -2.94. The van der Waals surface area contributed by atoms with E-state index in [0.29, 0.717) is 6.54 Å². The van der Waals surface area contributed by atoms with E-state index in [1.54, 1.807) is 0 Å². The van der Waals surface area contributed by atoms with E-state index in [9.17, 15) is 8.42 Å². The summed E-state index contributed by atoms with van der Waals surface area (Å²) in [5.74, 6) is 1.00. The second kappa shape index (κ2) is 7.17. The molecule has 1 aromatic rings. The Hall–Kier alpha value is -1.50. The summed E-state index contributed by atoms with van der Waals surface area (Å²) < 4.78 is 25.1. The zero-order valence-electron chi connectivity index (χ0n) is 13.4. The van der Waals surface area contributed by atoms with Crippen LogP contribution in [-0.2, 0) is 16.4 Å². The van der Waals surface area contributed by atoms with Crippen LogP contribution in [0.2, 0.25) is 0 Å². The van der Waals surface area contributed by atoms with Crippen LogP contribution >= 0.6 is 0 Å². The lowest BCUT2D eigenvalue weighted by Crippen LogP contribution is -2.39. The molecule has 1 fully saturated rings. The Morgan fingerprint density at radius 1 is 1.27 bits per heavy atom. The summed E-state index contributed by atoms with van der Waals surface area (Å²) in [4.78, 5) is 4.57. The standard InChI is InChI=1S/C15H26N4O2S/c1-3-16-14(17-8-11-19-9-4-5-10-19)18-12-15(6-7-15)13-22(2,20)21/h4-5,9-10H,3,6-8,11-13H2,1-2H3,(H2,16,17,18). The largest absolute Gasteiger partial charge is 0.357 e. The summed E-state index contributed by atoms with van der Waals surface area (Å²) in [5, 5.41) is 6.50. The van der Waals surface area contributed by atoms with E-state index >= 15 is 0 Å². The van der Waals surface area contributed by atoms with Crippen LogP contribution in [0, 0.1) is 5.41 Å². The fourth-order valence-electron chi connectivity index (χ4n) is 2.49. The Labute approximate surface area is 132 Å². The van der Waals surface area contributed by atoms with Crippen LogP contribution in [0.1, 0.15) is 19.8 Å². The van der Waals surface area contributed by atoms with Crippen LogP contribution in [-0.4, -0.2) is 50.6 Å². The molecule has 1 heterocycles. The normalized spacial score (nSPS) is 17.3. The topological polar surface area (TPSA) is 75.5 Å². The van der Waals surface area contributed by atoms with Gasteiger partial charge < -0.3 is 15.2 Å². The predicted molar refractivity (Wildman–Crippen MR) is 89.8 cm³/mol. The highest BCUT2D eigenvalue weighted by atomic mass is 32.2. The average molecular weight is 326 g/mol. The van der Waals surface area contributed by atoms with Gasteiger partial charge in [0.1, 0.15) is 9.84 Å². The molecule has 0 unspecified atom stereocenters. The molecule has 1 aliphatic carbocycles. The molecule has 0 spiro atoms. The van der Waals surface area contributed by atoms with E-state index in [1.807, 2.05) is 31.5 Å². The molecule has 124 valence electrons. The summed E-state index contributed by atoms with van der Waals surface area (Å²) in [6, 6.07) is 4.00. The first-order chi connectivity index (χ1) is 10.4. The molecule has 1 saturated carbocycles. The quantitative estimate of drug-likeness (QED) is 0.549. The van der Waals surface area contributed by atoms with Crippen molar-refractivity contribution in [1.82, 2.24) is 15.2 Å². The molecule has 2 N–H and O–H groups in total. The Morgan fingerprint density at radius 2 is 1.95 bits per heavy atom. The molecular formula is C15H26N4O2S. The number of aliphatic imine (C=N–C) groups is 1. The van der Waals surface area contributed by atoms with E-state index < -0.39 is 9.84 Å². The molecule has 0 bridgehead atoms. The number of hydrogen-bond donors (Lipinski definition) is 2. The van der Waals surface area contributed by atoms with Crippen molar-refractivity contribution in [3.05, 3.63) is 24.5 Å². The maximum atomic E-state index is 11.5. The molecule has 0 atom stereocenters. The van der Waals surface area contributed by atoms with Crippen molar-refractivity contribution in [2.45, 2.75) is 26.3 Å². The second-order valence-electron chi connectivity index (χ2n) is 6.11. The average Bonchev–Trinajstić information content (AvgIpc) is 2.97. The predicted octanol–water partition coefficient (Wildman–Crippen LogP) is 0.868. The first kappa shape index (κ1) is 16.9. The summed E-state index contributed by atoms with van der Waals surface area (Å²) in [6.07, 6.45) is 7.25. The SMILES string of the molecule is CCNC(=NCC1(CS(C)(=O)=O)CC1)NCCn1cccc1. The fraction of sp³-hybridized carbons (Fsp3) is 0.667. The summed E-state index contributed by atoms with van der Waals surface area (Å²) in [5.41, 5.74) is -0.129. The first-order valence-electron chi connectivity index (χ1n) is 7.73. The number of hydrogen-bond acceptors (Lipinski definition) is 3. The van der Waals surface area contributed by atoms with Crippen molar-refractivity contribution < 1.29 is 8.42 Å². The van der Waals surface area contributed by atoms with Crippen LogP contribution in [0.3, 0.4) is 0 Å².